The maximum Gasteiger partial charge on any atom is 0.206 e. The molecule has 0 amide bonds. The van der Waals surface area contributed by atoms with E-state index >= 15 is 0 Å². The fourth-order valence-electron chi connectivity index (χ4n) is 4.05. The lowest BCUT2D eigenvalue weighted by Crippen LogP contribution is -2.50. The van der Waals surface area contributed by atoms with Gasteiger partial charge in [-0.05, 0) is 25.5 Å². The number of hydrogen-bond acceptors (Lipinski definition) is 5. The van der Waals surface area contributed by atoms with Gasteiger partial charge in [0.25, 0.3) is 0 Å². The van der Waals surface area contributed by atoms with E-state index < -0.39 is 12.2 Å². The molecule has 0 aliphatic carbocycles. The third-order valence-corrected chi connectivity index (χ3v) is 6.95. The van der Waals surface area contributed by atoms with E-state index in [-0.39, 0.29) is 5.82 Å². The molecule has 31 heavy (non-hydrogen) atoms. The summed E-state index contributed by atoms with van der Waals surface area (Å²) >= 11 is 1.64. The van der Waals surface area contributed by atoms with Crippen molar-refractivity contribution in [3.05, 3.63) is 64.9 Å². The normalized spacial score (nSPS) is 19.3. The van der Waals surface area contributed by atoms with Crippen LogP contribution < -0.4 is 10.6 Å². The Labute approximate surface area is 183 Å². The summed E-state index contributed by atoms with van der Waals surface area (Å²) < 4.78 is 29.9. The number of anilines is 1. The second-order valence-electron chi connectivity index (χ2n) is 7.94. The molecule has 0 radical (unpaired) electrons. The zero-order valence-electron chi connectivity index (χ0n) is 17.1. The Hall–Kier alpha value is -2.84. The Morgan fingerprint density at radius 3 is 2.74 bits per heavy atom. The predicted molar refractivity (Wildman–Crippen MR) is 121 cm³/mol. The van der Waals surface area contributed by atoms with Crippen molar-refractivity contribution in [1.29, 1.82) is 0 Å². The first-order valence-electron chi connectivity index (χ1n) is 10.3. The zero-order chi connectivity index (χ0) is 21.5. The van der Waals surface area contributed by atoms with Gasteiger partial charge in [0, 0.05) is 29.6 Å². The van der Waals surface area contributed by atoms with Crippen molar-refractivity contribution in [2.24, 2.45) is 5.73 Å². The number of nitrogens with zero attached hydrogens (tertiary/aromatic N) is 4. The van der Waals surface area contributed by atoms with Crippen molar-refractivity contribution in [2.75, 3.05) is 18.0 Å². The van der Waals surface area contributed by atoms with Gasteiger partial charge in [-0.25, -0.2) is 18.7 Å². The minimum Gasteiger partial charge on any atom is -0.340 e. The van der Waals surface area contributed by atoms with Gasteiger partial charge in [-0.3, -0.25) is 0 Å². The van der Waals surface area contributed by atoms with Gasteiger partial charge in [-0.15, -0.1) is 11.3 Å². The molecular weight excluding hydrogens is 416 g/mol. The number of halogens is 2. The van der Waals surface area contributed by atoms with E-state index in [1.807, 2.05) is 42.2 Å². The van der Waals surface area contributed by atoms with Crippen LogP contribution in [0.2, 0.25) is 0 Å². The standard InChI is InChI=1S/C23H23F2N5S/c1-14-21(31-22(27-14)15-5-3-2-4-6-15)13-30-20-8-7-16(24)11-19(20)28-23(30)29-10-9-17(25)18(26)12-29/h2-8,11,17-18H,9-10,12-13,26H2,1H3/t17?,18-/m1/s1. The Morgan fingerprint density at radius 2 is 1.97 bits per heavy atom. The van der Waals surface area contributed by atoms with E-state index in [0.29, 0.717) is 37.5 Å². The molecule has 1 saturated heterocycles. The number of benzene rings is 2. The molecule has 5 nitrogen and oxygen atoms in total. The van der Waals surface area contributed by atoms with E-state index in [1.165, 1.54) is 12.1 Å². The van der Waals surface area contributed by atoms with Gasteiger partial charge in [0.2, 0.25) is 5.95 Å². The molecule has 1 aliphatic rings. The van der Waals surface area contributed by atoms with Gasteiger partial charge in [0.15, 0.2) is 0 Å². The quantitative estimate of drug-likeness (QED) is 0.508. The lowest BCUT2D eigenvalue weighted by Gasteiger charge is -2.34. The van der Waals surface area contributed by atoms with Crippen LogP contribution in [0.15, 0.2) is 48.5 Å². The maximum absolute atomic E-state index is 14.0. The highest BCUT2D eigenvalue weighted by atomic mass is 32.1. The molecule has 0 spiro atoms. The molecule has 2 aromatic carbocycles. The highest BCUT2D eigenvalue weighted by Gasteiger charge is 2.29. The van der Waals surface area contributed by atoms with Gasteiger partial charge in [-0.1, -0.05) is 30.3 Å². The van der Waals surface area contributed by atoms with Crippen molar-refractivity contribution in [3.8, 4) is 10.6 Å². The highest BCUT2D eigenvalue weighted by molar-refractivity contribution is 7.15. The second kappa shape index (κ2) is 8.01. The molecule has 1 unspecified atom stereocenters. The highest BCUT2D eigenvalue weighted by Crippen LogP contribution is 2.32. The molecule has 8 heteroatoms. The predicted octanol–water partition coefficient (Wildman–Crippen LogP) is 4.53. The van der Waals surface area contributed by atoms with E-state index in [2.05, 4.69) is 4.57 Å². The number of piperidine rings is 1. The minimum absolute atomic E-state index is 0.330. The minimum atomic E-state index is -1.01. The summed E-state index contributed by atoms with van der Waals surface area (Å²) in [4.78, 5) is 12.6. The van der Waals surface area contributed by atoms with Crippen LogP contribution in [-0.2, 0) is 6.54 Å². The average Bonchev–Trinajstić information content (AvgIpc) is 3.31. The van der Waals surface area contributed by atoms with Crippen LogP contribution in [0.3, 0.4) is 0 Å². The molecule has 160 valence electrons. The molecule has 2 N–H and O–H groups in total. The van der Waals surface area contributed by atoms with Crippen LogP contribution in [-0.4, -0.2) is 39.8 Å². The van der Waals surface area contributed by atoms with E-state index in [9.17, 15) is 8.78 Å². The summed E-state index contributed by atoms with van der Waals surface area (Å²) in [7, 11) is 0. The van der Waals surface area contributed by atoms with Crippen molar-refractivity contribution in [2.45, 2.75) is 32.1 Å². The zero-order valence-corrected chi connectivity index (χ0v) is 17.9. The topological polar surface area (TPSA) is 60.0 Å². The van der Waals surface area contributed by atoms with Crippen LogP contribution >= 0.6 is 11.3 Å². The average molecular weight is 440 g/mol. The van der Waals surface area contributed by atoms with E-state index in [0.717, 1.165) is 26.7 Å². The number of nitrogens with two attached hydrogens (primary N) is 1. The first-order valence-corrected chi connectivity index (χ1v) is 11.1. The smallest absolute Gasteiger partial charge is 0.206 e. The molecule has 2 aromatic heterocycles. The number of aromatic nitrogens is 3. The molecule has 1 aliphatic heterocycles. The molecule has 1 fully saturated rings. The Kier molecular flexibility index (Phi) is 5.19. The Bertz CT molecular complexity index is 1220. The summed E-state index contributed by atoms with van der Waals surface area (Å²) in [6.45, 7) is 3.46. The van der Waals surface area contributed by atoms with Crippen LogP contribution in [0.25, 0.3) is 21.6 Å². The van der Waals surface area contributed by atoms with E-state index in [4.69, 9.17) is 15.7 Å². The summed E-state index contributed by atoms with van der Waals surface area (Å²) in [5.41, 5.74) is 9.45. The molecule has 2 atom stereocenters. The van der Waals surface area contributed by atoms with Crippen molar-refractivity contribution < 1.29 is 8.78 Å². The largest absolute Gasteiger partial charge is 0.340 e. The molecule has 5 rings (SSSR count). The fourth-order valence-corrected chi connectivity index (χ4v) is 5.10. The maximum atomic E-state index is 14.0. The number of hydrogen-bond donors (Lipinski definition) is 1. The Balaban J connectivity index is 1.56. The third kappa shape index (κ3) is 3.81. The molecule has 0 saturated carbocycles. The number of thiazole rings is 1. The van der Waals surface area contributed by atoms with E-state index in [1.54, 1.807) is 17.4 Å². The Morgan fingerprint density at radius 1 is 1.16 bits per heavy atom. The lowest BCUT2D eigenvalue weighted by molar-refractivity contribution is 0.243. The number of imidazole rings is 1. The summed E-state index contributed by atoms with van der Waals surface area (Å²) in [6, 6.07) is 14.1. The first-order chi connectivity index (χ1) is 15.0. The third-order valence-electron chi connectivity index (χ3n) is 5.76. The summed E-state index contributed by atoms with van der Waals surface area (Å²) in [5, 5.41) is 0.963. The molecule has 0 bridgehead atoms. The van der Waals surface area contributed by atoms with Gasteiger partial charge in [0.05, 0.1) is 29.3 Å². The molecular formula is C23H23F2N5S. The second-order valence-corrected chi connectivity index (χ2v) is 9.02. The first kappa shape index (κ1) is 20.1. The summed E-state index contributed by atoms with van der Waals surface area (Å²) in [6.07, 6.45) is -0.653. The van der Waals surface area contributed by atoms with Gasteiger partial charge < -0.3 is 15.2 Å². The number of rotatable bonds is 4. The summed E-state index contributed by atoms with van der Waals surface area (Å²) in [5.74, 6) is 0.361. The van der Waals surface area contributed by atoms with Gasteiger partial charge in [-0.2, -0.15) is 0 Å². The van der Waals surface area contributed by atoms with Crippen molar-refractivity contribution in [1.82, 2.24) is 14.5 Å². The van der Waals surface area contributed by atoms with Crippen LogP contribution in [0.1, 0.15) is 17.0 Å². The van der Waals surface area contributed by atoms with Crippen molar-refractivity contribution >= 4 is 28.3 Å². The van der Waals surface area contributed by atoms with Crippen LogP contribution in [0.4, 0.5) is 14.7 Å². The monoisotopic (exact) mass is 439 g/mol. The number of fused-ring (bicyclic) bond motifs is 1. The number of alkyl halides is 1. The molecule has 4 aromatic rings. The fraction of sp³-hybridized carbons (Fsp3) is 0.304. The lowest BCUT2D eigenvalue weighted by atomic mass is 10.1. The van der Waals surface area contributed by atoms with Gasteiger partial charge in [0.1, 0.15) is 17.0 Å². The number of aryl methyl sites for hydroxylation is 1. The van der Waals surface area contributed by atoms with Crippen LogP contribution in [0, 0.1) is 12.7 Å². The van der Waals surface area contributed by atoms with Crippen LogP contribution in [0.5, 0.6) is 0 Å². The van der Waals surface area contributed by atoms with Crippen molar-refractivity contribution in [3.63, 3.8) is 0 Å². The SMILES string of the molecule is Cc1nc(-c2ccccc2)sc1Cn1c(N2CCC(F)[C@H](N)C2)nc2cc(F)ccc21. The van der Waals surface area contributed by atoms with Gasteiger partial charge >= 0.3 is 0 Å². The molecule has 3 heterocycles.